The van der Waals surface area contributed by atoms with Crippen LogP contribution in [-0.4, -0.2) is 27.3 Å². The van der Waals surface area contributed by atoms with E-state index in [4.69, 9.17) is 14.2 Å². The van der Waals surface area contributed by atoms with E-state index in [0.717, 1.165) is 28.1 Å². The Kier molecular flexibility index (Phi) is 5.99. The van der Waals surface area contributed by atoms with Crippen molar-refractivity contribution in [2.24, 2.45) is 0 Å². The normalized spacial score (nSPS) is 14.8. The lowest BCUT2D eigenvalue weighted by atomic mass is 9.87. The molecule has 0 saturated carbocycles. The second-order valence-corrected chi connectivity index (χ2v) is 7.35. The van der Waals surface area contributed by atoms with Crippen LogP contribution in [0.5, 0.6) is 11.5 Å². The molecule has 1 atom stereocenters. The molecule has 4 rings (SSSR count). The van der Waals surface area contributed by atoms with Gasteiger partial charge in [0.25, 0.3) is 0 Å². The van der Waals surface area contributed by atoms with Crippen LogP contribution in [0, 0.1) is 0 Å². The van der Waals surface area contributed by atoms with Crippen LogP contribution in [0.4, 0.5) is 5.69 Å². The van der Waals surface area contributed by atoms with Crippen molar-refractivity contribution in [3.63, 3.8) is 0 Å². The lowest BCUT2D eigenvalue weighted by Crippen LogP contribution is -2.34. The molecule has 32 heavy (non-hydrogen) atoms. The minimum atomic E-state index is -0.461. The molecular formula is C27H25NO4. The van der Waals surface area contributed by atoms with Gasteiger partial charge < -0.3 is 19.1 Å². The van der Waals surface area contributed by atoms with Crippen LogP contribution in [0.2, 0.25) is 0 Å². The van der Waals surface area contributed by atoms with Crippen molar-refractivity contribution in [3.8, 4) is 11.5 Å². The molecule has 0 aliphatic carbocycles. The maximum atomic E-state index is 12.7. The molecule has 1 unspecified atom stereocenters. The van der Waals surface area contributed by atoms with Crippen molar-refractivity contribution in [2.75, 3.05) is 26.2 Å². The highest BCUT2D eigenvalue weighted by Gasteiger charge is 2.35. The Bertz CT molecular complexity index is 1180. The maximum Gasteiger partial charge on any atom is 0.335 e. The van der Waals surface area contributed by atoms with Crippen LogP contribution >= 0.6 is 0 Å². The van der Waals surface area contributed by atoms with E-state index >= 15 is 0 Å². The summed E-state index contributed by atoms with van der Waals surface area (Å²) in [4.78, 5) is 14.7. The van der Waals surface area contributed by atoms with Crippen LogP contribution in [0.25, 0.3) is 11.8 Å². The first kappa shape index (κ1) is 21.2. The molecule has 0 N–H and O–H groups in total. The monoisotopic (exact) mass is 427 g/mol. The van der Waals surface area contributed by atoms with Gasteiger partial charge in [0.15, 0.2) is 11.5 Å². The van der Waals surface area contributed by atoms with Gasteiger partial charge in [0, 0.05) is 17.5 Å². The van der Waals surface area contributed by atoms with E-state index in [1.165, 1.54) is 7.11 Å². The van der Waals surface area contributed by atoms with Gasteiger partial charge in [-0.15, -0.1) is 0 Å². The third kappa shape index (κ3) is 3.73. The van der Waals surface area contributed by atoms with Crippen LogP contribution < -0.4 is 14.4 Å². The molecule has 0 amide bonds. The minimum Gasteiger partial charge on any atom is -0.493 e. The summed E-state index contributed by atoms with van der Waals surface area (Å²) in [5, 5.41) is 0. The number of rotatable bonds is 6. The van der Waals surface area contributed by atoms with Crippen LogP contribution in [0.1, 0.15) is 22.7 Å². The first-order chi connectivity index (χ1) is 15.6. The number of carbonyl (C=O) groups excluding carboxylic acids is 1. The standard InChI is InChI=1S/C27H25NO4/c1-18(27(29)32-4)26-22-13-9-8-12-20(22)16-23(19-10-6-5-7-11-19)28(26)21-14-15-24(30-2)25(17-21)31-3/h5-17,26H,1H2,2-4H3. The van der Waals surface area contributed by atoms with E-state index in [9.17, 15) is 4.79 Å². The fourth-order valence-electron chi connectivity index (χ4n) is 4.07. The van der Waals surface area contributed by atoms with E-state index in [2.05, 4.69) is 17.6 Å². The van der Waals surface area contributed by atoms with Gasteiger partial charge in [-0.1, -0.05) is 61.2 Å². The molecule has 3 aromatic rings. The van der Waals surface area contributed by atoms with Crippen molar-refractivity contribution in [1.82, 2.24) is 0 Å². The Morgan fingerprint density at radius 3 is 2.25 bits per heavy atom. The van der Waals surface area contributed by atoms with Gasteiger partial charge in [0.05, 0.1) is 32.9 Å². The maximum absolute atomic E-state index is 12.7. The summed E-state index contributed by atoms with van der Waals surface area (Å²) >= 11 is 0. The summed E-state index contributed by atoms with van der Waals surface area (Å²) in [7, 11) is 4.58. The number of hydrogen-bond acceptors (Lipinski definition) is 5. The van der Waals surface area contributed by atoms with Crippen molar-refractivity contribution >= 4 is 23.4 Å². The first-order valence-corrected chi connectivity index (χ1v) is 10.2. The highest BCUT2D eigenvalue weighted by atomic mass is 16.5. The number of methoxy groups -OCH3 is 3. The van der Waals surface area contributed by atoms with Gasteiger partial charge in [-0.25, -0.2) is 4.79 Å². The molecule has 0 radical (unpaired) electrons. The average Bonchev–Trinajstić information content (AvgIpc) is 2.86. The average molecular weight is 428 g/mol. The molecule has 0 fully saturated rings. The topological polar surface area (TPSA) is 48.0 Å². The second kappa shape index (κ2) is 9.02. The molecule has 162 valence electrons. The number of carbonyl (C=O) groups is 1. The number of nitrogens with zero attached hydrogens (tertiary/aromatic N) is 1. The van der Waals surface area contributed by atoms with Crippen LogP contribution in [-0.2, 0) is 9.53 Å². The molecule has 5 heteroatoms. The van der Waals surface area contributed by atoms with Crippen molar-refractivity contribution in [2.45, 2.75) is 6.04 Å². The summed E-state index contributed by atoms with van der Waals surface area (Å²) < 4.78 is 16.0. The van der Waals surface area contributed by atoms with Gasteiger partial charge >= 0.3 is 5.97 Å². The van der Waals surface area contributed by atoms with Gasteiger partial charge in [-0.2, -0.15) is 0 Å². The Labute approximate surface area is 188 Å². The fraction of sp³-hybridized carbons (Fsp3) is 0.148. The summed E-state index contributed by atoms with van der Waals surface area (Å²) in [6, 6.07) is 23.3. The molecular weight excluding hydrogens is 402 g/mol. The predicted octanol–water partition coefficient (Wildman–Crippen LogP) is 5.49. The number of ether oxygens (including phenoxy) is 3. The minimum absolute atomic E-state index is 0.344. The lowest BCUT2D eigenvalue weighted by molar-refractivity contribution is -0.136. The Hall–Kier alpha value is -3.99. The molecule has 1 heterocycles. The molecule has 1 aliphatic heterocycles. The lowest BCUT2D eigenvalue weighted by Gasteiger charge is -2.40. The number of anilines is 1. The molecule has 0 aromatic heterocycles. The number of fused-ring (bicyclic) bond motifs is 1. The zero-order valence-corrected chi connectivity index (χ0v) is 18.4. The molecule has 0 spiro atoms. The van der Waals surface area contributed by atoms with Gasteiger partial charge in [0.2, 0.25) is 0 Å². The Balaban J connectivity index is 1.99. The molecule has 1 aliphatic rings. The fourth-order valence-corrected chi connectivity index (χ4v) is 4.07. The molecule has 0 bridgehead atoms. The smallest absolute Gasteiger partial charge is 0.335 e. The highest BCUT2D eigenvalue weighted by molar-refractivity contribution is 5.99. The summed E-state index contributed by atoms with van der Waals surface area (Å²) in [5.74, 6) is 0.769. The van der Waals surface area contributed by atoms with Crippen molar-refractivity contribution in [3.05, 3.63) is 102 Å². The number of benzene rings is 3. The highest BCUT2D eigenvalue weighted by Crippen LogP contribution is 2.46. The Morgan fingerprint density at radius 2 is 1.56 bits per heavy atom. The van der Waals surface area contributed by atoms with Crippen LogP contribution in [0.3, 0.4) is 0 Å². The third-order valence-electron chi connectivity index (χ3n) is 5.59. The van der Waals surface area contributed by atoms with E-state index < -0.39 is 12.0 Å². The van der Waals surface area contributed by atoms with Gasteiger partial charge in [-0.05, 0) is 34.9 Å². The van der Waals surface area contributed by atoms with E-state index in [1.807, 2.05) is 72.8 Å². The number of hydrogen-bond donors (Lipinski definition) is 0. The summed E-state index contributed by atoms with van der Waals surface area (Å²) in [6.07, 6.45) is 2.13. The second-order valence-electron chi connectivity index (χ2n) is 7.35. The van der Waals surface area contributed by atoms with E-state index in [-0.39, 0.29) is 0 Å². The van der Waals surface area contributed by atoms with Crippen molar-refractivity contribution < 1.29 is 19.0 Å². The summed E-state index contributed by atoms with van der Waals surface area (Å²) in [6.45, 7) is 4.13. The predicted molar refractivity (Wildman–Crippen MR) is 127 cm³/mol. The van der Waals surface area contributed by atoms with Gasteiger partial charge in [-0.3, -0.25) is 0 Å². The SMILES string of the molecule is C=C(C(=O)OC)C1c2ccccc2C=C(c2ccccc2)N1c1ccc(OC)c(OC)c1. The molecule has 5 nitrogen and oxygen atoms in total. The van der Waals surface area contributed by atoms with Crippen LogP contribution in [0.15, 0.2) is 84.9 Å². The Morgan fingerprint density at radius 1 is 0.875 bits per heavy atom. The summed E-state index contributed by atoms with van der Waals surface area (Å²) in [5.41, 5.74) is 5.13. The number of esters is 1. The molecule has 3 aromatic carbocycles. The third-order valence-corrected chi connectivity index (χ3v) is 5.59. The largest absolute Gasteiger partial charge is 0.493 e. The zero-order chi connectivity index (χ0) is 22.7. The van der Waals surface area contributed by atoms with Gasteiger partial charge in [0.1, 0.15) is 0 Å². The molecule has 0 saturated heterocycles. The van der Waals surface area contributed by atoms with Crippen molar-refractivity contribution in [1.29, 1.82) is 0 Å². The first-order valence-electron chi connectivity index (χ1n) is 10.2. The van der Waals surface area contributed by atoms with E-state index in [1.54, 1.807) is 14.2 Å². The van der Waals surface area contributed by atoms with E-state index in [0.29, 0.717) is 17.1 Å². The zero-order valence-electron chi connectivity index (χ0n) is 18.4. The quantitative estimate of drug-likeness (QED) is 0.384.